The number of nitrogens with one attached hydrogen (secondary N) is 1. The van der Waals surface area contributed by atoms with Crippen LogP contribution in [0.1, 0.15) is 24.5 Å². The van der Waals surface area contributed by atoms with Crippen LogP contribution in [0.2, 0.25) is 0 Å². The molecule has 0 fully saturated rings. The van der Waals surface area contributed by atoms with Crippen molar-refractivity contribution in [2.24, 2.45) is 0 Å². The molecule has 2 rings (SSSR count). The van der Waals surface area contributed by atoms with Gasteiger partial charge in [-0.2, -0.15) is 0 Å². The second kappa shape index (κ2) is 6.02. The quantitative estimate of drug-likeness (QED) is 0.899. The van der Waals surface area contributed by atoms with Crippen LogP contribution in [0.5, 0.6) is 0 Å². The maximum Gasteiger partial charge on any atom is 0.166 e. The van der Waals surface area contributed by atoms with Gasteiger partial charge < -0.3 is 5.32 Å². The summed E-state index contributed by atoms with van der Waals surface area (Å²) in [6.45, 7) is 7.20. The Morgan fingerprint density at radius 3 is 2.83 bits per heavy atom. The van der Waals surface area contributed by atoms with Crippen LogP contribution in [-0.4, -0.2) is 27.8 Å². The molecule has 0 bridgehead atoms. The molecule has 2 heterocycles. The molecule has 0 unspecified atom stereocenters. The molecule has 1 N–H and O–H groups in total. The molecule has 0 aliphatic rings. The van der Waals surface area contributed by atoms with Gasteiger partial charge in [0.05, 0.1) is 0 Å². The summed E-state index contributed by atoms with van der Waals surface area (Å²) in [6, 6.07) is 6.47. The minimum absolute atomic E-state index is 0.510. The molecule has 2 aromatic heterocycles. The Labute approximate surface area is 111 Å². The lowest BCUT2D eigenvalue weighted by Gasteiger charge is -2.05. The predicted molar refractivity (Wildman–Crippen MR) is 74.7 cm³/mol. The Morgan fingerprint density at radius 2 is 2.11 bits per heavy atom. The lowest BCUT2D eigenvalue weighted by molar-refractivity contribution is 0.588. The van der Waals surface area contributed by atoms with Gasteiger partial charge in [0.25, 0.3) is 0 Å². The highest BCUT2D eigenvalue weighted by Gasteiger charge is 2.07. The maximum absolute atomic E-state index is 4.46. The first kappa shape index (κ1) is 13.1. The van der Waals surface area contributed by atoms with Gasteiger partial charge in [0.15, 0.2) is 5.01 Å². The highest BCUT2D eigenvalue weighted by molar-refractivity contribution is 7.14. The standard InChI is InChI=1S/C13H18N4S/c1-9(2)14-8-7-12-16-17-13(18-12)11-6-4-5-10(3)15-11/h4-6,9,14H,7-8H2,1-3H3. The summed E-state index contributed by atoms with van der Waals surface area (Å²) in [7, 11) is 0. The van der Waals surface area contributed by atoms with Gasteiger partial charge in [0.1, 0.15) is 10.7 Å². The number of hydrogen-bond acceptors (Lipinski definition) is 5. The Morgan fingerprint density at radius 1 is 1.28 bits per heavy atom. The van der Waals surface area contributed by atoms with Gasteiger partial charge in [-0.15, -0.1) is 10.2 Å². The van der Waals surface area contributed by atoms with Crippen LogP contribution in [0.15, 0.2) is 18.2 Å². The second-order valence-corrected chi connectivity index (χ2v) is 5.59. The van der Waals surface area contributed by atoms with E-state index in [9.17, 15) is 0 Å². The molecule has 0 saturated carbocycles. The summed E-state index contributed by atoms with van der Waals surface area (Å²) < 4.78 is 0. The fraction of sp³-hybridized carbons (Fsp3) is 0.462. The van der Waals surface area contributed by atoms with Crippen LogP contribution >= 0.6 is 11.3 Å². The van der Waals surface area contributed by atoms with Gasteiger partial charge in [0.2, 0.25) is 0 Å². The van der Waals surface area contributed by atoms with Crippen molar-refractivity contribution in [3.63, 3.8) is 0 Å². The molecule has 0 radical (unpaired) electrons. The first-order valence-electron chi connectivity index (χ1n) is 6.15. The monoisotopic (exact) mass is 262 g/mol. The summed E-state index contributed by atoms with van der Waals surface area (Å²) in [5.41, 5.74) is 1.92. The number of nitrogens with zero attached hydrogens (tertiary/aromatic N) is 3. The average molecular weight is 262 g/mol. The second-order valence-electron chi connectivity index (χ2n) is 4.52. The van der Waals surface area contributed by atoms with E-state index in [1.54, 1.807) is 11.3 Å². The van der Waals surface area contributed by atoms with Crippen molar-refractivity contribution in [1.29, 1.82) is 0 Å². The number of aromatic nitrogens is 3. The third kappa shape index (κ3) is 3.58. The number of aryl methyl sites for hydroxylation is 1. The zero-order valence-electron chi connectivity index (χ0n) is 11.0. The Kier molecular flexibility index (Phi) is 4.38. The van der Waals surface area contributed by atoms with Gasteiger partial charge in [-0.1, -0.05) is 31.3 Å². The van der Waals surface area contributed by atoms with Crippen molar-refractivity contribution in [1.82, 2.24) is 20.5 Å². The summed E-state index contributed by atoms with van der Waals surface area (Å²) in [4.78, 5) is 4.46. The third-order valence-electron chi connectivity index (χ3n) is 2.47. The predicted octanol–water partition coefficient (Wildman–Crippen LogP) is 2.45. The van der Waals surface area contributed by atoms with E-state index in [0.29, 0.717) is 6.04 Å². The lowest BCUT2D eigenvalue weighted by Crippen LogP contribution is -2.24. The van der Waals surface area contributed by atoms with Crippen LogP contribution in [0.3, 0.4) is 0 Å². The molecule has 0 aliphatic heterocycles. The molecule has 0 saturated heterocycles. The SMILES string of the molecule is Cc1cccc(-c2nnc(CCNC(C)C)s2)n1. The molecule has 0 atom stereocenters. The number of hydrogen-bond donors (Lipinski definition) is 1. The molecule has 2 aromatic rings. The Balaban J connectivity index is 2.02. The van der Waals surface area contributed by atoms with Crippen molar-refractivity contribution in [2.75, 3.05) is 6.54 Å². The summed E-state index contributed by atoms with van der Waals surface area (Å²) in [6.07, 6.45) is 0.918. The van der Waals surface area contributed by atoms with Gasteiger partial charge in [-0.25, -0.2) is 0 Å². The van der Waals surface area contributed by atoms with Crippen molar-refractivity contribution < 1.29 is 0 Å². The zero-order valence-corrected chi connectivity index (χ0v) is 11.8. The van der Waals surface area contributed by atoms with Crippen molar-refractivity contribution in [3.8, 4) is 10.7 Å². The Bertz CT molecular complexity index is 507. The summed E-state index contributed by atoms with van der Waals surface area (Å²) >= 11 is 1.62. The summed E-state index contributed by atoms with van der Waals surface area (Å²) in [5.74, 6) is 0. The molecule has 5 heteroatoms. The first-order valence-corrected chi connectivity index (χ1v) is 6.96. The highest BCUT2D eigenvalue weighted by Crippen LogP contribution is 2.21. The highest BCUT2D eigenvalue weighted by atomic mass is 32.1. The van der Waals surface area contributed by atoms with Gasteiger partial charge in [-0.05, 0) is 19.1 Å². The van der Waals surface area contributed by atoms with Crippen molar-refractivity contribution in [3.05, 3.63) is 28.9 Å². The van der Waals surface area contributed by atoms with Crippen LogP contribution in [0.4, 0.5) is 0 Å². The summed E-state index contributed by atoms with van der Waals surface area (Å²) in [5, 5.41) is 13.7. The normalized spacial score (nSPS) is 11.1. The molecule has 96 valence electrons. The van der Waals surface area contributed by atoms with E-state index in [1.165, 1.54) is 0 Å². The van der Waals surface area contributed by atoms with E-state index in [1.807, 2.05) is 25.1 Å². The third-order valence-corrected chi connectivity index (χ3v) is 3.47. The molecule has 0 spiro atoms. The van der Waals surface area contributed by atoms with Crippen molar-refractivity contribution >= 4 is 11.3 Å². The Hall–Kier alpha value is -1.33. The fourth-order valence-corrected chi connectivity index (χ4v) is 2.40. The minimum Gasteiger partial charge on any atom is -0.314 e. The molecular formula is C13H18N4S. The van der Waals surface area contributed by atoms with Crippen LogP contribution in [0.25, 0.3) is 10.7 Å². The van der Waals surface area contributed by atoms with E-state index >= 15 is 0 Å². The minimum atomic E-state index is 0.510. The zero-order chi connectivity index (χ0) is 13.0. The fourth-order valence-electron chi connectivity index (χ4n) is 1.59. The molecule has 0 amide bonds. The number of rotatable bonds is 5. The van der Waals surface area contributed by atoms with Crippen LogP contribution in [0, 0.1) is 6.92 Å². The molecule has 4 nitrogen and oxygen atoms in total. The average Bonchev–Trinajstić information content (AvgIpc) is 2.77. The van der Waals surface area contributed by atoms with E-state index in [-0.39, 0.29) is 0 Å². The topological polar surface area (TPSA) is 50.7 Å². The van der Waals surface area contributed by atoms with Crippen LogP contribution < -0.4 is 5.32 Å². The van der Waals surface area contributed by atoms with Gasteiger partial charge in [-0.3, -0.25) is 4.98 Å². The first-order chi connectivity index (χ1) is 8.65. The molecule has 0 aromatic carbocycles. The van der Waals surface area contributed by atoms with Crippen LogP contribution in [-0.2, 0) is 6.42 Å². The molecular weight excluding hydrogens is 244 g/mol. The molecule has 18 heavy (non-hydrogen) atoms. The number of pyridine rings is 1. The maximum atomic E-state index is 4.46. The van der Waals surface area contributed by atoms with E-state index in [4.69, 9.17) is 0 Å². The molecule has 0 aliphatic carbocycles. The lowest BCUT2D eigenvalue weighted by atomic mass is 10.3. The largest absolute Gasteiger partial charge is 0.314 e. The van der Waals surface area contributed by atoms with E-state index < -0.39 is 0 Å². The van der Waals surface area contributed by atoms with Crippen molar-refractivity contribution in [2.45, 2.75) is 33.2 Å². The smallest absolute Gasteiger partial charge is 0.166 e. The van der Waals surface area contributed by atoms with Gasteiger partial charge in [0, 0.05) is 24.7 Å². The van der Waals surface area contributed by atoms with Gasteiger partial charge >= 0.3 is 0 Å². The van der Waals surface area contributed by atoms with E-state index in [2.05, 4.69) is 34.3 Å². The van der Waals surface area contributed by atoms with E-state index in [0.717, 1.165) is 34.4 Å².